The highest BCUT2D eigenvalue weighted by Gasteiger charge is 2.41. The van der Waals surface area contributed by atoms with Crippen LogP contribution in [0.4, 0.5) is 0 Å². The lowest BCUT2D eigenvalue weighted by atomic mass is 9.97. The van der Waals surface area contributed by atoms with Crippen LogP contribution in [0.15, 0.2) is 122 Å². The van der Waals surface area contributed by atoms with E-state index in [1.54, 1.807) is 222 Å². The van der Waals surface area contributed by atoms with Crippen LogP contribution in [0.2, 0.25) is 0 Å². The molecule has 0 spiro atoms. The Morgan fingerprint density at radius 2 is 0.568 bits per heavy atom. The van der Waals surface area contributed by atoms with Gasteiger partial charge in [-0.2, -0.15) is 0 Å². The number of nitrogens with one attached hydrogen (secondary N) is 16. The average Bonchev–Trinajstić information content (AvgIpc) is 1.66. The Labute approximate surface area is 811 Å². The Morgan fingerprint density at radius 3 is 0.906 bits per heavy atom. The number of amides is 16. The third kappa shape index (κ3) is 33.3. The maximum Gasteiger partial charge on any atom is 0.243 e. The summed E-state index contributed by atoms with van der Waals surface area (Å²) < 4.78 is 4.66. The second-order valence-electron chi connectivity index (χ2n) is 38.6. The number of hydrogen-bond donors (Lipinski definition) is 20. The summed E-state index contributed by atoms with van der Waals surface area (Å²) in [5.74, 6) is -15.4. The van der Waals surface area contributed by atoms with E-state index in [1.165, 1.54) is 18.4 Å². The van der Waals surface area contributed by atoms with Crippen LogP contribution in [0, 0.1) is 47.3 Å². The fraction of sp³-hybridized carbons (Fsp3) is 0.540. The minimum absolute atomic E-state index is 0.0307. The summed E-state index contributed by atoms with van der Waals surface area (Å²) in [6.45, 7) is 27.9. The van der Waals surface area contributed by atoms with Gasteiger partial charge in [-0.15, -0.1) is 0 Å². The van der Waals surface area contributed by atoms with Crippen molar-refractivity contribution in [1.82, 2.24) is 98.8 Å². The Hall–Kier alpha value is -13.1. The lowest BCUT2D eigenvalue weighted by Gasteiger charge is -2.31. The fourth-order valence-electron chi connectivity index (χ4n) is 16.5. The molecule has 7 aromatic rings. The number of hydrogen-bond acceptors (Lipinski definition) is 20. The van der Waals surface area contributed by atoms with Crippen molar-refractivity contribution in [3.8, 4) is 0 Å². The van der Waals surface area contributed by atoms with Gasteiger partial charge in [0.1, 0.15) is 105 Å². The third-order valence-electron chi connectivity index (χ3n) is 23.8. The standard InChI is InChI=1S/C100H145N19O20/c1-54(2)38-71(106-87(126)62(17)104-82(125)46-102-97(136)83(58(9)10)103-50-121)90(129)105-63(18)88(127)114-85(60(13)14)99(138)116-86(61(15)16)100(139)115-84(59(11)12)98(137)113-78(45-67-49-119(53-124)81-35-27-24-32-70(67)81)96(135)109-72(39-55(3)4)91(130)110-75(42-64-28-20-19-21-29-64)94(133)107-74(41-57(7)8)93(132)112-77(44-66-48-118(52-123)80-34-26-23-31-69(66)80)95(134)108-73(40-56(5)6)92(131)111-76(89(128)101-36-37-120)43-65-47-117(51-122)79-33-25-22-30-68(65)79/h19-35,47-50,54-63,71-78,83-86,120,122-124H,36-46,51-53H2,1-18H3,(H,101,128)(H,102,136)(H,103,121)(H,104,125)(H,105,129)(H,106,126)(H,107,133)(H,108,134)(H,109,135)(H,110,130)(H,111,131)(H,112,132)(H,113,137)(H,114,127)(H,115,139)(H,116,138)/t62-,63-,71+,72+,73+,74+,75-,76-,77-,78-,83-,84+,85+,86-/m0/s1. The monoisotopic (exact) mass is 1930 g/mol. The first kappa shape index (κ1) is 113. The van der Waals surface area contributed by atoms with Gasteiger partial charge in [0.2, 0.25) is 95.0 Å². The minimum Gasteiger partial charge on any atom is -0.395 e. The zero-order chi connectivity index (χ0) is 103. The first-order valence-electron chi connectivity index (χ1n) is 47.7. The summed E-state index contributed by atoms with van der Waals surface area (Å²) in [4.78, 5) is 229. The number of aliphatic hydroxyl groups is 4. The molecule has 0 bridgehead atoms. The normalized spacial score (nSPS) is 14.7. The van der Waals surface area contributed by atoms with Crippen molar-refractivity contribution in [2.45, 2.75) is 281 Å². The third-order valence-corrected chi connectivity index (χ3v) is 23.8. The molecule has 0 aliphatic rings. The highest BCUT2D eigenvalue weighted by atomic mass is 16.3. The maximum absolute atomic E-state index is 15.6. The number of rotatable bonds is 56. The van der Waals surface area contributed by atoms with Gasteiger partial charge in [-0.05, 0) is 127 Å². The Kier molecular flexibility index (Phi) is 44.1. The van der Waals surface area contributed by atoms with Crippen LogP contribution in [0.1, 0.15) is 173 Å². The van der Waals surface area contributed by atoms with E-state index < -0.39 is 218 Å². The fourth-order valence-corrected chi connectivity index (χ4v) is 16.5. The zero-order valence-corrected chi connectivity index (χ0v) is 82.9. The van der Waals surface area contributed by atoms with Crippen molar-refractivity contribution in [2.75, 3.05) is 19.7 Å². The lowest BCUT2D eigenvalue weighted by molar-refractivity contribution is -0.137. The molecular formula is C100H145N19O20. The zero-order valence-electron chi connectivity index (χ0n) is 82.9. The number of nitrogens with zero attached hydrogens (tertiary/aromatic N) is 3. The molecule has 39 heteroatoms. The average molecular weight is 1930 g/mol. The van der Waals surface area contributed by atoms with E-state index in [9.17, 15) is 68.4 Å². The summed E-state index contributed by atoms with van der Waals surface area (Å²) in [5.41, 5.74) is 3.97. The van der Waals surface area contributed by atoms with Gasteiger partial charge in [0, 0.05) is 67.0 Å². The highest BCUT2D eigenvalue weighted by molar-refractivity contribution is 6.02. The van der Waals surface area contributed by atoms with Gasteiger partial charge in [-0.3, -0.25) is 76.7 Å². The number of carbonyl (C=O) groups excluding carboxylic acids is 16. The molecule has 0 fully saturated rings. The molecule has 760 valence electrons. The van der Waals surface area contributed by atoms with Crippen LogP contribution < -0.4 is 85.1 Å². The first-order chi connectivity index (χ1) is 65.8. The molecule has 4 aromatic carbocycles. The van der Waals surface area contributed by atoms with Crippen molar-refractivity contribution in [3.05, 3.63) is 144 Å². The molecule has 0 aliphatic heterocycles. The summed E-state index contributed by atoms with van der Waals surface area (Å²) in [6, 6.07) is 11.0. The molecule has 0 saturated carbocycles. The summed E-state index contributed by atoms with van der Waals surface area (Å²) in [6.07, 6.45) is 4.55. The van der Waals surface area contributed by atoms with E-state index in [4.69, 9.17) is 0 Å². The van der Waals surface area contributed by atoms with Crippen LogP contribution in [-0.4, -0.2) is 233 Å². The van der Waals surface area contributed by atoms with E-state index >= 15 is 28.8 Å². The second-order valence-corrected chi connectivity index (χ2v) is 38.6. The molecular weight excluding hydrogens is 1790 g/mol. The number of fused-ring (bicyclic) bond motifs is 3. The molecule has 7 rings (SSSR count). The highest BCUT2D eigenvalue weighted by Crippen LogP contribution is 2.28. The SMILES string of the molecule is CC(C)C[C@@H](NC(=O)[C@H](C)NC(=O)CNC(=O)[C@@H](NC=O)C(C)C)C(=O)N[C@@H](C)C(=O)N[C@@H](C(=O)N[C@H](C(=O)N[C@@H](C(=O)N[C@@H](Cc1cn(CO)c2ccccc12)C(=O)N[C@H](CC(C)C)C(=O)N[C@@H](Cc1ccccc1)C(=O)N[C@H](CC(C)C)C(=O)N[C@@H](Cc1cn(CO)c2ccccc12)C(=O)N[C@H](CC(C)C)C(=O)N[C@@H](Cc1cn(CO)c2ccccc12)C(=O)NCCO)C(C)C)C(C)C)C(C)C. The van der Waals surface area contributed by atoms with Crippen molar-refractivity contribution >= 4 is 128 Å². The van der Waals surface area contributed by atoms with Crippen LogP contribution in [-0.2, 0) is 123 Å². The molecule has 14 atom stereocenters. The number of aliphatic hydroxyl groups excluding tert-OH is 4. The molecule has 3 aromatic heterocycles. The van der Waals surface area contributed by atoms with Crippen LogP contribution >= 0.6 is 0 Å². The van der Waals surface area contributed by atoms with Gasteiger partial charge in [0.25, 0.3) is 0 Å². The van der Waals surface area contributed by atoms with Crippen molar-refractivity contribution in [2.24, 2.45) is 47.3 Å². The van der Waals surface area contributed by atoms with Gasteiger partial charge in [0.15, 0.2) is 0 Å². The topological polar surface area (TPSA) is 561 Å². The number of para-hydroxylation sites is 3. The summed E-state index contributed by atoms with van der Waals surface area (Å²) in [7, 11) is 0. The van der Waals surface area contributed by atoms with Gasteiger partial charge in [-0.25, -0.2) is 0 Å². The predicted octanol–water partition coefficient (Wildman–Crippen LogP) is 2.16. The summed E-state index contributed by atoms with van der Waals surface area (Å²) in [5, 5.41) is 86.5. The molecule has 3 heterocycles. The lowest BCUT2D eigenvalue weighted by Crippen LogP contribution is -2.62. The quantitative estimate of drug-likeness (QED) is 0.0243. The van der Waals surface area contributed by atoms with Crippen molar-refractivity contribution in [3.63, 3.8) is 0 Å². The molecule has 39 nitrogen and oxygen atoms in total. The maximum atomic E-state index is 15.6. The van der Waals surface area contributed by atoms with Crippen LogP contribution in [0.5, 0.6) is 0 Å². The second kappa shape index (κ2) is 54.3. The predicted molar refractivity (Wildman–Crippen MR) is 523 cm³/mol. The van der Waals surface area contributed by atoms with E-state index in [0.29, 0.717) is 61.4 Å². The van der Waals surface area contributed by atoms with Gasteiger partial charge in [-0.1, -0.05) is 196 Å². The number of carbonyl (C=O) groups is 16. The first-order valence-corrected chi connectivity index (χ1v) is 47.7. The van der Waals surface area contributed by atoms with Crippen molar-refractivity contribution in [1.29, 1.82) is 0 Å². The molecule has 20 N–H and O–H groups in total. The largest absolute Gasteiger partial charge is 0.395 e. The molecule has 0 unspecified atom stereocenters. The Morgan fingerprint density at radius 1 is 0.288 bits per heavy atom. The summed E-state index contributed by atoms with van der Waals surface area (Å²) >= 11 is 0. The van der Waals surface area contributed by atoms with Crippen LogP contribution in [0.25, 0.3) is 32.7 Å². The molecule has 16 amide bonds. The Balaban J connectivity index is 1.12. The van der Waals surface area contributed by atoms with E-state index in [2.05, 4.69) is 85.1 Å². The minimum atomic E-state index is -1.56. The Bertz CT molecular complexity index is 5370. The van der Waals surface area contributed by atoms with Gasteiger partial charge in [0.05, 0.1) is 29.7 Å². The van der Waals surface area contributed by atoms with Crippen molar-refractivity contribution < 1.29 is 97.1 Å². The van der Waals surface area contributed by atoms with Gasteiger partial charge >= 0.3 is 0 Å². The smallest absolute Gasteiger partial charge is 0.243 e. The number of benzene rings is 4. The molecule has 0 saturated heterocycles. The molecule has 0 aliphatic carbocycles. The van der Waals surface area contributed by atoms with E-state index in [1.807, 2.05) is 19.9 Å². The molecule has 139 heavy (non-hydrogen) atoms. The molecule has 0 radical (unpaired) electrons. The number of aromatic nitrogens is 3. The van der Waals surface area contributed by atoms with E-state index in [-0.39, 0.29) is 94.2 Å². The van der Waals surface area contributed by atoms with E-state index in [0.717, 1.165) is 0 Å². The van der Waals surface area contributed by atoms with Crippen LogP contribution in [0.3, 0.4) is 0 Å². The van der Waals surface area contributed by atoms with Gasteiger partial charge < -0.3 is 119 Å².